The van der Waals surface area contributed by atoms with Crippen molar-refractivity contribution in [1.82, 2.24) is 10.2 Å². The maximum absolute atomic E-state index is 11.1. The first-order valence-electron chi connectivity index (χ1n) is 8.24. The van der Waals surface area contributed by atoms with Crippen LogP contribution in [-0.4, -0.2) is 44.8 Å². The summed E-state index contributed by atoms with van der Waals surface area (Å²) in [4.78, 5) is 13.3. The molecule has 132 valence electrons. The smallest absolute Gasteiger partial charge is 0.406 e. The third-order valence-corrected chi connectivity index (χ3v) is 3.40. The number of rotatable bonds is 7. The molecule has 5 nitrogen and oxygen atoms in total. The maximum Gasteiger partial charge on any atom is 0.406 e. The van der Waals surface area contributed by atoms with E-state index < -0.39 is 6.09 Å². The molecule has 1 atom stereocenters. The Morgan fingerprint density at radius 2 is 1.83 bits per heavy atom. The Balaban J connectivity index is 0.00000149. The zero-order chi connectivity index (χ0) is 17.7. The number of hydrogen-bond acceptors (Lipinski definition) is 4. The van der Waals surface area contributed by atoms with Crippen LogP contribution in [0.3, 0.4) is 0 Å². The minimum Gasteiger partial charge on any atom is -0.496 e. The Labute approximate surface area is 141 Å². The first kappa shape index (κ1) is 21.2. The van der Waals surface area contributed by atoms with Crippen molar-refractivity contribution in [3.63, 3.8) is 0 Å². The second-order valence-corrected chi connectivity index (χ2v) is 5.17. The number of methoxy groups -OCH3 is 2. The molecule has 0 bridgehead atoms. The molecule has 0 aromatic heterocycles. The molecule has 0 saturated heterocycles. The van der Waals surface area contributed by atoms with Gasteiger partial charge in [-0.15, -0.1) is 0 Å². The number of hydrogen-bond donors (Lipinski definition) is 1. The van der Waals surface area contributed by atoms with Crippen LogP contribution in [-0.2, 0) is 4.74 Å². The number of alkyl carbamates (subject to hydrolysis) is 1. The standard InChI is InChI=1S/C15H24N2O3.C3H8/c1-5-17(11-10-16-15(18)20-4)12(2)13-8-6-7-9-14(13)19-3;1-3-2/h6-9,12H,5,10-11H2,1-4H3,(H,16,18);3H2,1-2H3/t12-;/m0./s1. The van der Waals surface area contributed by atoms with Crippen LogP contribution in [0.5, 0.6) is 5.75 Å². The number of nitrogens with one attached hydrogen (secondary N) is 1. The van der Waals surface area contributed by atoms with E-state index in [1.807, 2.05) is 18.2 Å². The van der Waals surface area contributed by atoms with Gasteiger partial charge in [0.15, 0.2) is 0 Å². The van der Waals surface area contributed by atoms with Crippen molar-refractivity contribution in [1.29, 1.82) is 0 Å². The lowest BCUT2D eigenvalue weighted by atomic mass is 10.1. The lowest BCUT2D eigenvalue weighted by molar-refractivity contribution is 0.165. The number of amides is 1. The van der Waals surface area contributed by atoms with E-state index in [1.54, 1.807) is 7.11 Å². The number of para-hydroxylation sites is 1. The molecule has 23 heavy (non-hydrogen) atoms. The molecule has 0 spiro atoms. The van der Waals surface area contributed by atoms with Crippen molar-refractivity contribution < 1.29 is 14.3 Å². The van der Waals surface area contributed by atoms with Gasteiger partial charge in [-0.3, -0.25) is 4.90 Å². The van der Waals surface area contributed by atoms with Gasteiger partial charge in [-0.2, -0.15) is 0 Å². The van der Waals surface area contributed by atoms with Gasteiger partial charge in [-0.25, -0.2) is 4.79 Å². The van der Waals surface area contributed by atoms with Gasteiger partial charge in [0.05, 0.1) is 14.2 Å². The molecule has 5 heteroatoms. The topological polar surface area (TPSA) is 50.8 Å². The van der Waals surface area contributed by atoms with Gasteiger partial charge in [0, 0.05) is 24.7 Å². The summed E-state index contributed by atoms with van der Waals surface area (Å²) in [5, 5.41) is 2.70. The Hall–Kier alpha value is -1.75. The van der Waals surface area contributed by atoms with Crippen LogP contribution >= 0.6 is 0 Å². The van der Waals surface area contributed by atoms with Crippen LogP contribution < -0.4 is 10.1 Å². The lowest BCUT2D eigenvalue weighted by Gasteiger charge is -2.29. The molecule has 0 radical (unpaired) electrons. The van der Waals surface area contributed by atoms with Crippen molar-refractivity contribution in [2.24, 2.45) is 0 Å². The molecule has 0 saturated carbocycles. The van der Waals surface area contributed by atoms with E-state index in [0.717, 1.165) is 24.4 Å². The third kappa shape index (κ3) is 7.88. The highest BCUT2D eigenvalue weighted by molar-refractivity contribution is 5.66. The SMILES string of the molecule is CCC.CCN(CCNC(=O)OC)[C@@H](C)c1ccccc1OC. The molecule has 1 aromatic rings. The number of likely N-dealkylation sites (N-methyl/N-ethyl adjacent to an activating group) is 1. The quantitative estimate of drug-likeness (QED) is 0.827. The van der Waals surface area contributed by atoms with Crippen LogP contribution in [0.15, 0.2) is 24.3 Å². The second-order valence-electron chi connectivity index (χ2n) is 5.17. The molecule has 0 heterocycles. The van der Waals surface area contributed by atoms with Crippen molar-refractivity contribution in [3.8, 4) is 5.75 Å². The normalized spacial score (nSPS) is 11.3. The number of ether oxygens (including phenoxy) is 2. The van der Waals surface area contributed by atoms with E-state index in [4.69, 9.17) is 4.74 Å². The second kappa shape index (κ2) is 12.8. The summed E-state index contributed by atoms with van der Waals surface area (Å²) in [6.07, 6.45) is 0.853. The van der Waals surface area contributed by atoms with Crippen molar-refractivity contribution in [2.45, 2.75) is 40.2 Å². The van der Waals surface area contributed by atoms with E-state index >= 15 is 0 Å². The fourth-order valence-corrected chi connectivity index (χ4v) is 2.21. The first-order chi connectivity index (χ1) is 11.0. The Bertz CT molecular complexity index is 438. The number of carbonyl (C=O) groups is 1. The summed E-state index contributed by atoms with van der Waals surface area (Å²) in [6, 6.07) is 8.22. The predicted octanol–water partition coefficient (Wildman–Crippen LogP) is 3.85. The van der Waals surface area contributed by atoms with Crippen molar-refractivity contribution >= 4 is 6.09 Å². The summed E-state index contributed by atoms with van der Waals surface area (Å²) in [5.41, 5.74) is 1.15. The van der Waals surface area contributed by atoms with E-state index in [0.29, 0.717) is 6.54 Å². The van der Waals surface area contributed by atoms with E-state index in [9.17, 15) is 4.79 Å². The lowest BCUT2D eigenvalue weighted by Crippen LogP contribution is -2.36. The molecule has 0 aliphatic rings. The molecule has 0 aliphatic heterocycles. The molecule has 1 N–H and O–H groups in total. The summed E-state index contributed by atoms with van der Waals surface area (Å²) >= 11 is 0. The molecule has 0 aliphatic carbocycles. The molecule has 1 amide bonds. The molecule has 0 fully saturated rings. The van der Waals surface area contributed by atoms with Gasteiger partial charge in [0.25, 0.3) is 0 Å². The highest BCUT2D eigenvalue weighted by Crippen LogP contribution is 2.28. The molecular weight excluding hydrogens is 292 g/mol. The summed E-state index contributed by atoms with van der Waals surface area (Å²) in [6.45, 7) is 10.7. The third-order valence-electron chi connectivity index (χ3n) is 3.40. The van der Waals surface area contributed by atoms with Crippen LogP contribution in [0.4, 0.5) is 4.79 Å². The monoisotopic (exact) mass is 324 g/mol. The highest BCUT2D eigenvalue weighted by Gasteiger charge is 2.17. The van der Waals surface area contributed by atoms with E-state index in [2.05, 4.69) is 48.7 Å². The zero-order valence-corrected chi connectivity index (χ0v) is 15.4. The van der Waals surface area contributed by atoms with Gasteiger partial charge >= 0.3 is 6.09 Å². The summed E-state index contributed by atoms with van der Waals surface area (Å²) in [5.74, 6) is 0.888. The predicted molar refractivity (Wildman–Crippen MR) is 95.0 cm³/mol. The minimum atomic E-state index is -0.397. The van der Waals surface area contributed by atoms with Crippen LogP contribution in [0.1, 0.15) is 45.7 Å². The zero-order valence-electron chi connectivity index (χ0n) is 15.4. The average Bonchev–Trinajstić information content (AvgIpc) is 2.58. The molecule has 1 rings (SSSR count). The van der Waals surface area contributed by atoms with Gasteiger partial charge in [0.2, 0.25) is 0 Å². The fraction of sp³-hybridized carbons (Fsp3) is 0.611. The van der Waals surface area contributed by atoms with Crippen LogP contribution in [0, 0.1) is 0 Å². The Kier molecular flexibility index (Phi) is 11.8. The van der Waals surface area contributed by atoms with E-state index in [-0.39, 0.29) is 6.04 Å². The average molecular weight is 324 g/mol. The maximum atomic E-state index is 11.1. The Morgan fingerprint density at radius 1 is 1.22 bits per heavy atom. The molecule has 0 unspecified atom stereocenters. The summed E-state index contributed by atoms with van der Waals surface area (Å²) in [7, 11) is 3.05. The Morgan fingerprint density at radius 3 is 2.35 bits per heavy atom. The highest BCUT2D eigenvalue weighted by atomic mass is 16.5. The van der Waals surface area contributed by atoms with Gasteiger partial charge in [-0.05, 0) is 19.5 Å². The van der Waals surface area contributed by atoms with Gasteiger partial charge < -0.3 is 14.8 Å². The fourth-order valence-electron chi connectivity index (χ4n) is 2.21. The van der Waals surface area contributed by atoms with Gasteiger partial charge in [0.1, 0.15) is 5.75 Å². The van der Waals surface area contributed by atoms with Crippen LogP contribution in [0.25, 0.3) is 0 Å². The van der Waals surface area contributed by atoms with Gasteiger partial charge in [-0.1, -0.05) is 45.4 Å². The first-order valence-corrected chi connectivity index (χ1v) is 8.24. The number of nitrogens with zero attached hydrogens (tertiary/aromatic N) is 1. The summed E-state index contributed by atoms with van der Waals surface area (Å²) < 4.78 is 9.96. The largest absolute Gasteiger partial charge is 0.496 e. The van der Waals surface area contributed by atoms with Crippen molar-refractivity contribution in [2.75, 3.05) is 33.9 Å². The number of carbonyl (C=O) groups excluding carboxylic acids is 1. The molecular formula is C18H32N2O3. The minimum absolute atomic E-state index is 0.218. The number of benzene rings is 1. The van der Waals surface area contributed by atoms with E-state index in [1.165, 1.54) is 13.5 Å². The van der Waals surface area contributed by atoms with Crippen LogP contribution in [0.2, 0.25) is 0 Å². The van der Waals surface area contributed by atoms with Crippen molar-refractivity contribution in [3.05, 3.63) is 29.8 Å². The molecule has 1 aromatic carbocycles.